The van der Waals surface area contributed by atoms with Gasteiger partial charge >= 0.3 is 0 Å². The van der Waals surface area contributed by atoms with Crippen molar-refractivity contribution < 1.29 is 9.13 Å². The lowest BCUT2D eigenvalue weighted by atomic mass is 9.85. The molecule has 0 atom stereocenters. The Morgan fingerprint density at radius 1 is 0.806 bits per heavy atom. The van der Waals surface area contributed by atoms with Crippen LogP contribution in [0.1, 0.15) is 96.0 Å². The van der Waals surface area contributed by atoms with Gasteiger partial charge in [-0.1, -0.05) is 108 Å². The van der Waals surface area contributed by atoms with Gasteiger partial charge in [0.15, 0.2) is 11.6 Å². The highest BCUT2D eigenvalue weighted by atomic mass is 19.1. The Bertz CT molecular complexity index is 746. The zero-order valence-electron chi connectivity index (χ0n) is 19.5. The van der Waals surface area contributed by atoms with E-state index in [9.17, 15) is 4.39 Å². The summed E-state index contributed by atoms with van der Waals surface area (Å²) < 4.78 is 20.2. The Kier molecular flexibility index (Phi) is 10.4. The van der Waals surface area contributed by atoms with Gasteiger partial charge in [0.05, 0.1) is 6.61 Å². The Balaban J connectivity index is 1.42. The molecule has 0 radical (unpaired) electrons. The second-order valence-corrected chi connectivity index (χ2v) is 9.35. The van der Waals surface area contributed by atoms with Gasteiger partial charge < -0.3 is 4.74 Å². The van der Waals surface area contributed by atoms with Crippen LogP contribution >= 0.6 is 0 Å². The molecule has 0 aromatic heterocycles. The van der Waals surface area contributed by atoms with Crippen LogP contribution in [0.4, 0.5) is 4.39 Å². The van der Waals surface area contributed by atoms with E-state index in [0.717, 1.165) is 36.3 Å². The minimum absolute atomic E-state index is 0.262. The molecule has 2 aromatic carbocycles. The van der Waals surface area contributed by atoms with E-state index in [1.807, 2.05) is 6.07 Å². The molecule has 0 bridgehead atoms. The van der Waals surface area contributed by atoms with E-state index >= 15 is 0 Å². The van der Waals surface area contributed by atoms with Crippen LogP contribution in [-0.2, 0) is 6.42 Å². The number of rotatable bonds is 13. The van der Waals surface area contributed by atoms with Gasteiger partial charge in [-0.25, -0.2) is 4.39 Å². The molecule has 31 heavy (non-hydrogen) atoms. The van der Waals surface area contributed by atoms with E-state index < -0.39 is 0 Å². The van der Waals surface area contributed by atoms with E-state index in [0.29, 0.717) is 12.4 Å². The van der Waals surface area contributed by atoms with Crippen LogP contribution < -0.4 is 4.74 Å². The van der Waals surface area contributed by atoms with E-state index in [4.69, 9.17) is 4.74 Å². The first kappa shape index (κ1) is 23.8. The first-order valence-electron chi connectivity index (χ1n) is 12.8. The van der Waals surface area contributed by atoms with Gasteiger partial charge in [0.1, 0.15) is 0 Å². The number of aryl methyl sites for hydroxylation is 1. The average molecular weight is 425 g/mol. The minimum Gasteiger partial charge on any atom is -0.491 e. The molecule has 1 nitrogen and oxygen atoms in total. The van der Waals surface area contributed by atoms with Gasteiger partial charge in [0.2, 0.25) is 0 Å². The average Bonchev–Trinajstić information content (AvgIpc) is 2.81. The quantitative estimate of drug-likeness (QED) is 0.291. The monoisotopic (exact) mass is 424 g/mol. The summed E-state index contributed by atoms with van der Waals surface area (Å²) >= 11 is 0. The van der Waals surface area contributed by atoms with Crippen LogP contribution in [0, 0.1) is 11.7 Å². The zero-order valence-corrected chi connectivity index (χ0v) is 19.5. The highest BCUT2D eigenvalue weighted by molar-refractivity contribution is 5.64. The topological polar surface area (TPSA) is 9.23 Å². The van der Waals surface area contributed by atoms with Gasteiger partial charge in [-0.05, 0) is 54.0 Å². The molecular weight excluding hydrogens is 383 g/mol. The molecule has 0 unspecified atom stereocenters. The molecule has 0 amide bonds. The fraction of sp³-hybridized carbons (Fsp3) is 0.586. The minimum atomic E-state index is -0.262. The fourth-order valence-electron chi connectivity index (χ4n) is 4.75. The molecule has 0 saturated heterocycles. The molecule has 1 aliphatic carbocycles. The van der Waals surface area contributed by atoms with Crippen molar-refractivity contribution in [3.63, 3.8) is 0 Å². The van der Waals surface area contributed by atoms with Crippen molar-refractivity contribution in [2.24, 2.45) is 5.92 Å². The van der Waals surface area contributed by atoms with Crippen molar-refractivity contribution >= 4 is 0 Å². The van der Waals surface area contributed by atoms with Gasteiger partial charge in [-0.15, -0.1) is 0 Å². The maximum atomic E-state index is 14.5. The Hall–Kier alpha value is -1.83. The van der Waals surface area contributed by atoms with Crippen molar-refractivity contribution in [1.82, 2.24) is 0 Å². The second-order valence-electron chi connectivity index (χ2n) is 9.35. The number of hydrogen-bond donors (Lipinski definition) is 0. The largest absolute Gasteiger partial charge is 0.491 e. The molecule has 0 aliphatic heterocycles. The summed E-state index contributed by atoms with van der Waals surface area (Å²) in [7, 11) is 0. The van der Waals surface area contributed by atoms with E-state index in [1.165, 1.54) is 76.2 Å². The summed E-state index contributed by atoms with van der Waals surface area (Å²) in [4.78, 5) is 0. The first-order valence-corrected chi connectivity index (χ1v) is 12.8. The SMILES string of the molecule is CCCCCCCCCOc1ccc(-c2ccc(CCC3CCCCC3)cc2)cc1F. The highest BCUT2D eigenvalue weighted by Crippen LogP contribution is 2.29. The Morgan fingerprint density at radius 3 is 2.19 bits per heavy atom. The zero-order chi connectivity index (χ0) is 21.7. The summed E-state index contributed by atoms with van der Waals surface area (Å²) in [6.45, 7) is 2.83. The van der Waals surface area contributed by atoms with Crippen molar-refractivity contribution in [2.75, 3.05) is 6.61 Å². The summed E-state index contributed by atoms with van der Waals surface area (Å²) in [6, 6.07) is 14.0. The Morgan fingerprint density at radius 2 is 1.48 bits per heavy atom. The molecule has 1 fully saturated rings. The summed E-state index contributed by atoms with van der Waals surface area (Å²) in [5.41, 5.74) is 3.38. The molecule has 0 spiro atoms. The normalized spacial score (nSPS) is 14.6. The third kappa shape index (κ3) is 8.31. The molecule has 1 saturated carbocycles. The van der Waals surface area contributed by atoms with Crippen LogP contribution in [0.3, 0.4) is 0 Å². The van der Waals surface area contributed by atoms with Crippen LogP contribution in [0.25, 0.3) is 11.1 Å². The van der Waals surface area contributed by atoms with Crippen molar-refractivity contribution in [3.8, 4) is 16.9 Å². The van der Waals surface area contributed by atoms with Gasteiger partial charge in [0.25, 0.3) is 0 Å². The maximum absolute atomic E-state index is 14.5. The molecule has 170 valence electrons. The summed E-state index contributed by atoms with van der Waals surface area (Å²) in [5, 5.41) is 0. The van der Waals surface area contributed by atoms with Gasteiger partial charge in [0, 0.05) is 0 Å². The molecule has 2 heteroatoms. The van der Waals surface area contributed by atoms with E-state index in [1.54, 1.807) is 12.1 Å². The van der Waals surface area contributed by atoms with E-state index in [-0.39, 0.29) is 5.82 Å². The predicted octanol–water partition coefficient (Wildman–Crippen LogP) is 9.14. The predicted molar refractivity (Wildman–Crippen MR) is 130 cm³/mol. The molecule has 2 aromatic rings. The molecule has 0 heterocycles. The smallest absolute Gasteiger partial charge is 0.165 e. The molecular formula is C29H41FO. The number of benzene rings is 2. The van der Waals surface area contributed by atoms with Crippen LogP contribution in [0.5, 0.6) is 5.75 Å². The number of unbranched alkanes of at least 4 members (excludes halogenated alkanes) is 6. The van der Waals surface area contributed by atoms with Gasteiger partial charge in [-0.2, -0.15) is 0 Å². The lowest BCUT2D eigenvalue weighted by molar-refractivity contribution is 0.290. The molecule has 1 aliphatic rings. The number of ether oxygens (including phenoxy) is 1. The van der Waals surface area contributed by atoms with Crippen LogP contribution in [0.15, 0.2) is 42.5 Å². The van der Waals surface area contributed by atoms with Crippen molar-refractivity contribution in [3.05, 3.63) is 53.8 Å². The maximum Gasteiger partial charge on any atom is 0.165 e. The number of hydrogen-bond acceptors (Lipinski definition) is 1. The number of halogens is 1. The van der Waals surface area contributed by atoms with Crippen molar-refractivity contribution in [2.45, 2.75) is 96.8 Å². The third-order valence-corrected chi connectivity index (χ3v) is 6.79. The summed E-state index contributed by atoms with van der Waals surface area (Å²) in [6.07, 6.45) is 18.2. The van der Waals surface area contributed by atoms with Crippen LogP contribution in [0.2, 0.25) is 0 Å². The third-order valence-electron chi connectivity index (χ3n) is 6.79. The fourth-order valence-corrected chi connectivity index (χ4v) is 4.75. The lowest BCUT2D eigenvalue weighted by Crippen LogP contribution is -2.07. The summed E-state index contributed by atoms with van der Waals surface area (Å²) in [5.74, 6) is 1.02. The Labute approximate surface area is 189 Å². The highest BCUT2D eigenvalue weighted by Gasteiger charge is 2.13. The lowest BCUT2D eigenvalue weighted by Gasteiger charge is -2.21. The van der Waals surface area contributed by atoms with E-state index in [2.05, 4.69) is 31.2 Å². The first-order chi connectivity index (χ1) is 15.3. The van der Waals surface area contributed by atoms with Crippen molar-refractivity contribution in [1.29, 1.82) is 0 Å². The van der Waals surface area contributed by atoms with Crippen LogP contribution in [-0.4, -0.2) is 6.61 Å². The molecule has 0 N–H and O–H groups in total. The van der Waals surface area contributed by atoms with Gasteiger partial charge in [-0.3, -0.25) is 0 Å². The standard InChI is InChI=1S/C29H41FO/c1-2-3-4-5-6-7-11-22-31-29-21-20-27(23-28(29)30)26-18-16-25(17-19-26)15-14-24-12-9-8-10-13-24/h16-21,23-24H,2-15,22H2,1H3. The second kappa shape index (κ2) is 13.6. The molecule has 3 rings (SSSR count).